The highest BCUT2D eigenvalue weighted by atomic mass is 127. The first-order valence-corrected chi connectivity index (χ1v) is 17.6. The van der Waals surface area contributed by atoms with Gasteiger partial charge in [-0.3, -0.25) is 0 Å². The van der Waals surface area contributed by atoms with Crippen LogP contribution in [0.5, 0.6) is 0 Å². The van der Waals surface area contributed by atoms with Gasteiger partial charge in [0.05, 0.1) is 0 Å². The van der Waals surface area contributed by atoms with Gasteiger partial charge in [0.15, 0.2) is 0 Å². The third-order valence-corrected chi connectivity index (χ3v) is 9.59. The van der Waals surface area contributed by atoms with Crippen LogP contribution in [0.4, 0.5) is 79.0 Å². The number of rotatable bonds is 27. The summed E-state index contributed by atoms with van der Waals surface area (Å²) in [5, 5.41) is 0. The highest BCUT2D eigenvalue weighted by Gasteiger charge is 2.82. The zero-order chi connectivity index (χ0) is 38.4. The molecule has 0 aliphatic rings. The summed E-state index contributed by atoms with van der Waals surface area (Å²) in [5.41, 5.74) is 0. The van der Waals surface area contributed by atoms with Crippen LogP contribution in [-0.2, 0) is 0 Å². The van der Waals surface area contributed by atoms with Crippen LogP contribution in [-0.4, -0.2) is 52.3 Å². The Kier molecular flexibility index (Phi) is 19.9. The topological polar surface area (TPSA) is 0 Å². The van der Waals surface area contributed by atoms with Gasteiger partial charge in [-0.05, 0) is 31.6 Å². The van der Waals surface area contributed by atoms with Crippen molar-refractivity contribution in [3.63, 3.8) is 0 Å². The van der Waals surface area contributed by atoms with Crippen LogP contribution >= 0.6 is 22.6 Å². The summed E-state index contributed by atoms with van der Waals surface area (Å²) < 4.78 is 232. The third-order valence-electron chi connectivity index (χ3n) is 8.34. The maximum atomic E-state index is 13.5. The summed E-state index contributed by atoms with van der Waals surface area (Å²) in [6.45, 7) is 0. The van der Waals surface area contributed by atoms with Gasteiger partial charge in [0.25, 0.3) is 0 Å². The smallest absolute Gasteiger partial charge is 0.200 e. The van der Waals surface area contributed by atoms with Crippen molar-refractivity contribution in [2.75, 3.05) is 4.43 Å². The Hall–Kier alpha value is -0.530. The molecule has 0 radical (unpaired) electrons. The summed E-state index contributed by atoms with van der Waals surface area (Å²) in [7, 11) is 0. The lowest BCUT2D eigenvalue weighted by Gasteiger charge is -2.33. The molecular formula is C30H43F18I. The fourth-order valence-corrected chi connectivity index (χ4v) is 5.99. The van der Waals surface area contributed by atoms with E-state index in [2.05, 4.69) is 22.6 Å². The van der Waals surface area contributed by atoms with Gasteiger partial charge in [0, 0.05) is 17.3 Å². The average molecular weight is 873 g/mol. The minimum Gasteiger partial charge on any atom is -0.200 e. The van der Waals surface area contributed by atoms with Gasteiger partial charge in [0.1, 0.15) is 0 Å². The Labute approximate surface area is 288 Å². The highest BCUT2D eigenvalue weighted by Crippen LogP contribution is 2.55. The molecule has 0 heterocycles. The standard InChI is InChI=1S/C30H43F18I/c31-23(32,25(35,36)27(39,40)29(43,44)45)19-15-11-7-3-1-5-9-13-17-22(21-49)18-14-10-6-2-4-8-12-16-20-24(33,34)26(37,38)28(41,42)30(46,47)48/h22H,1-21H2. The number of hydrogen-bond donors (Lipinski definition) is 0. The fourth-order valence-electron chi connectivity index (χ4n) is 5.11. The first-order chi connectivity index (χ1) is 22.1. The van der Waals surface area contributed by atoms with Crippen LogP contribution in [0.25, 0.3) is 0 Å². The van der Waals surface area contributed by atoms with Gasteiger partial charge < -0.3 is 0 Å². The van der Waals surface area contributed by atoms with Crippen LogP contribution in [0.2, 0.25) is 0 Å². The van der Waals surface area contributed by atoms with Crippen molar-refractivity contribution in [1.82, 2.24) is 0 Å². The van der Waals surface area contributed by atoms with Gasteiger partial charge in [-0.2, -0.15) is 79.0 Å². The molecule has 0 atom stereocenters. The molecule has 0 spiro atoms. The van der Waals surface area contributed by atoms with E-state index < -0.39 is 73.6 Å². The number of alkyl halides is 19. The number of hydrogen-bond acceptors (Lipinski definition) is 0. The molecule has 0 aromatic rings. The van der Waals surface area contributed by atoms with E-state index in [1.807, 2.05) is 0 Å². The zero-order valence-electron chi connectivity index (χ0n) is 26.6. The predicted octanol–water partition coefficient (Wildman–Crippen LogP) is 14.8. The van der Waals surface area contributed by atoms with Gasteiger partial charge in [-0.15, -0.1) is 0 Å². The summed E-state index contributed by atoms with van der Waals surface area (Å²) in [6, 6.07) is 0. The molecule has 49 heavy (non-hydrogen) atoms. The zero-order valence-corrected chi connectivity index (χ0v) is 28.8. The average Bonchev–Trinajstić information content (AvgIpc) is 2.96. The Balaban J connectivity index is 3.99. The Morgan fingerprint density at radius 1 is 0.306 bits per heavy atom. The Morgan fingerprint density at radius 3 is 0.755 bits per heavy atom. The molecule has 0 saturated carbocycles. The summed E-state index contributed by atoms with van der Waals surface area (Å²) in [5.74, 6) is -37.5. The van der Waals surface area contributed by atoms with Crippen LogP contribution in [0.1, 0.15) is 128 Å². The minimum atomic E-state index is -6.86. The monoisotopic (exact) mass is 872 g/mol. The quantitative estimate of drug-likeness (QED) is 0.0334. The van der Waals surface area contributed by atoms with Crippen molar-refractivity contribution in [3.05, 3.63) is 0 Å². The van der Waals surface area contributed by atoms with E-state index in [1.165, 1.54) is 0 Å². The van der Waals surface area contributed by atoms with Gasteiger partial charge in [-0.1, -0.05) is 112 Å². The van der Waals surface area contributed by atoms with E-state index in [4.69, 9.17) is 0 Å². The number of halogens is 19. The molecule has 0 bridgehead atoms. The second kappa shape index (κ2) is 20.1. The van der Waals surface area contributed by atoms with Crippen LogP contribution in [0, 0.1) is 5.92 Å². The fraction of sp³-hybridized carbons (Fsp3) is 1.00. The molecule has 0 N–H and O–H groups in total. The molecule has 0 amide bonds. The molecule has 0 saturated heterocycles. The third kappa shape index (κ3) is 14.1. The predicted molar refractivity (Wildman–Crippen MR) is 157 cm³/mol. The molecular weight excluding hydrogens is 829 g/mol. The van der Waals surface area contributed by atoms with Crippen LogP contribution in [0.3, 0.4) is 0 Å². The molecule has 0 unspecified atom stereocenters. The van der Waals surface area contributed by atoms with E-state index in [0.29, 0.717) is 44.4 Å². The van der Waals surface area contributed by atoms with E-state index in [1.54, 1.807) is 0 Å². The first-order valence-electron chi connectivity index (χ1n) is 16.1. The van der Waals surface area contributed by atoms with E-state index in [-0.39, 0.29) is 12.8 Å². The van der Waals surface area contributed by atoms with Crippen molar-refractivity contribution in [3.8, 4) is 0 Å². The summed E-state index contributed by atoms with van der Waals surface area (Å²) in [4.78, 5) is 0. The maximum Gasteiger partial charge on any atom is 0.460 e. The SMILES string of the molecule is FC(F)(F)C(F)(F)C(F)(F)C(F)(F)CCCCCCCCCCC(CI)CCCCCCCCCCC(F)(F)C(F)(F)C(F)(F)C(F)(F)F. The van der Waals surface area contributed by atoms with E-state index in [0.717, 1.165) is 55.8 Å². The van der Waals surface area contributed by atoms with Gasteiger partial charge in [-0.25, -0.2) is 0 Å². The normalized spacial score (nSPS) is 14.7. The molecule has 19 heteroatoms. The molecule has 0 aromatic heterocycles. The second-order valence-corrected chi connectivity index (χ2v) is 13.3. The van der Waals surface area contributed by atoms with Crippen molar-refractivity contribution in [1.29, 1.82) is 0 Å². The minimum absolute atomic E-state index is 0.0291. The first kappa shape index (κ1) is 48.5. The van der Waals surface area contributed by atoms with Crippen LogP contribution in [0.15, 0.2) is 0 Å². The second-order valence-electron chi connectivity index (χ2n) is 12.5. The summed E-state index contributed by atoms with van der Waals surface area (Å²) >= 11 is 2.27. The van der Waals surface area contributed by atoms with E-state index >= 15 is 0 Å². The Morgan fingerprint density at radius 2 is 0.531 bits per heavy atom. The molecule has 0 aliphatic heterocycles. The maximum absolute atomic E-state index is 13.5. The van der Waals surface area contributed by atoms with E-state index in [9.17, 15) is 79.0 Å². The van der Waals surface area contributed by atoms with Crippen molar-refractivity contribution in [2.45, 2.75) is 176 Å². The molecule has 0 aliphatic carbocycles. The van der Waals surface area contributed by atoms with Gasteiger partial charge in [0.2, 0.25) is 0 Å². The molecule has 0 nitrogen and oxygen atoms in total. The molecule has 0 rings (SSSR count). The largest absolute Gasteiger partial charge is 0.460 e. The lowest BCUT2D eigenvalue weighted by atomic mass is 9.95. The van der Waals surface area contributed by atoms with Crippen molar-refractivity contribution in [2.24, 2.45) is 5.92 Å². The van der Waals surface area contributed by atoms with Crippen molar-refractivity contribution < 1.29 is 79.0 Å². The summed E-state index contributed by atoms with van der Waals surface area (Å²) in [6.07, 6.45) is -8.30. The molecule has 296 valence electrons. The molecule has 0 aromatic carbocycles. The number of unbranched alkanes of at least 4 members (excludes halogenated alkanes) is 14. The lowest BCUT2D eigenvalue weighted by molar-refractivity contribution is -0.396. The highest BCUT2D eigenvalue weighted by molar-refractivity contribution is 14.1. The molecule has 0 fully saturated rings. The van der Waals surface area contributed by atoms with Crippen LogP contribution < -0.4 is 0 Å². The van der Waals surface area contributed by atoms with Gasteiger partial charge >= 0.3 is 47.9 Å². The lowest BCUT2D eigenvalue weighted by Crippen LogP contribution is -2.60. The Bertz CT molecular complexity index is 828. The van der Waals surface area contributed by atoms with Crippen molar-refractivity contribution >= 4 is 22.6 Å².